The number of rotatable bonds is 6. The maximum Gasteiger partial charge on any atom is 0.324 e. The second-order valence-electron chi connectivity index (χ2n) is 7.13. The first-order valence-electron chi connectivity index (χ1n) is 9.84. The third kappa shape index (κ3) is 4.37. The first kappa shape index (κ1) is 19.8. The molecule has 2 aromatic carbocycles. The van der Waals surface area contributed by atoms with Crippen LogP contribution in [0.25, 0.3) is 11.4 Å². The molecule has 4 rings (SSSR count). The van der Waals surface area contributed by atoms with Crippen molar-refractivity contribution in [1.29, 1.82) is 0 Å². The summed E-state index contributed by atoms with van der Waals surface area (Å²) in [5.74, 6) is 1.86. The molecule has 0 saturated carbocycles. The minimum Gasteiger partial charge on any atom is -0.497 e. The lowest BCUT2D eigenvalue weighted by Crippen LogP contribution is -2.41. The molecule has 0 aliphatic carbocycles. The molecule has 0 radical (unpaired) electrons. The lowest BCUT2D eigenvalue weighted by atomic mass is 9.97. The number of anilines is 2. The summed E-state index contributed by atoms with van der Waals surface area (Å²) < 4.78 is 15.8. The lowest BCUT2D eigenvalue weighted by Gasteiger charge is -2.30. The predicted octanol–water partition coefficient (Wildman–Crippen LogP) is 3.61. The van der Waals surface area contributed by atoms with E-state index in [1.807, 2.05) is 53.4 Å². The van der Waals surface area contributed by atoms with Crippen LogP contribution >= 0.6 is 0 Å². The maximum absolute atomic E-state index is 12.7. The number of methoxy groups -OCH3 is 2. The first-order valence-corrected chi connectivity index (χ1v) is 9.84. The monoisotopic (exact) mass is 408 g/mol. The van der Waals surface area contributed by atoms with Gasteiger partial charge in [-0.25, -0.2) is 0 Å². The van der Waals surface area contributed by atoms with Crippen LogP contribution in [0.15, 0.2) is 53.1 Å². The highest BCUT2D eigenvalue weighted by Crippen LogP contribution is 2.26. The Balaban J connectivity index is 1.40. The molecule has 1 aliphatic rings. The van der Waals surface area contributed by atoms with Crippen LogP contribution in [0.4, 0.5) is 11.7 Å². The van der Waals surface area contributed by atoms with E-state index in [0.29, 0.717) is 18.4 Å². The van der Waals surface area contributed by atoms with Gasteiger partial charge in [0.05, 0.1) is 20.1 Å². The van der Waals surface area contributed by atoms with E-state index >= 15 is 0 Å². The number of amides is 1. The van der Waals surface area contributed by atoms with E-state index in [-0.39, 0.29) is 11.8 Å². The van der Waals surface area contributed by atoms with Crippen molar-refractivity contribution in [3.63, 3.8) is 0 Å². The van der Waals surface area contributed by atoms with E-state index in [9.17, 15) is 4.79 Å². The zero-order chi connectivity index (χ0) is 20.9. The van der Waals surface area contributed by atoms with Crippen molar-refractivity contribution >= 4 is 17.6 Å². The van der Waals surface area contributed by atoms with Crippen molar-refractivity contribution in [1.82, 2.24) is 10.1 Å². The zero-order valence-electron chi connectivity index (χ0n) is 17.0. The maximum atomic E-state index is 12.7. The summed E-state index contributed by atoms with van der Waals surface area (Å²) >= 11 is 0. The highest BCUT2D eigenvalue weighted by Gasteiger charge is 2.28. The van der Waals surface area contributed by atoms with Crippen molar-refractivity contribution in [3.05, 3.63) is 48.5 Å². The standard InChI is InChI=1S/C22H24N4O4/c1-28-18-9-5-15(6-10-18)20-24-22(30-25-20)26-13-3-4-16(14-26)21(27)23-17-7-11-19(29-2)12-8-17/h5-12,16H,3-4,13-14H2,1-2H3,(H,23,27). The molecule has 8 nitrogen and oxygen atoms in total. The number of benzene rings is 2. The van der Waals surface area contributed by atoms with Crippen LogP contribution in [-0.4, -0.2) is 43.4 Å². The fraction of sp³-hybridized carbons (Fsp3) is 0.318. The van der Waals surface area contributed by atoms with Crippen LogP contribution in [0.2, 0.25) is 0 Å². The number of carbonyl (C=O) groups excluding carboxylic acids is 1. The molecule has 1 N–H and O–H groups in total. The molecule has 1 unspecified atom stereocenters. The number of piperidine rings is 1. The van der Waals surface area contributed by atoms with Gasteiger partial charge >= 0.3 is 6.01 Å². The number of carbonyl (C=O) groups is 1. The molecule has 1 aliphatic heterocycles. The Morgan fingerprint density at radius 1 is 1.07 bits per heavy atom. The van der Waals surface area contributed by atoms with Crippen molar-refractivity contribution in [2.75, 3.05) is 37.5 Å². The molecule has 3 aromatic rings. The van der Waals surface area contributed by atoms with Crippen LogP contribution in [0.5, 0.6) is 11.5 Å². The van der Waals surface area contributed by atoms with Gasteiger partial charge in [-0.2, -0.15) is 4.98 Å². The van der Waals surface area contributed by atoms with Crippen molar-refractivity contribution in [2.24, 2.45) is 5.92 Å². The number of hydrogen-bond acceptors (Lipinski definition) is 7. The van der Waals surface area contributed by atoms with Gasteiger partial charge in [-0.05, 0) is 61.4 Å². The van der Waals surface area contributed by atoms with E-state index in [4.69, 9.17) is 14.0 Å². The molecular formula is C22H24N4O4. The van der Waals surface area contributed by atoms with Crippen molar-refractivity contribution < 1.29 is 18.8 Å². The van der Waals surface area contributed by atoms with Gasteiger partial charge in [-0.3, -0.25) is 4.79 Å². The molecule has 156 valence electrons. The zero-order valence-corrected chi connectivity index (χ0v) is 17.0. The quantitative estimate of drug-likeness (QED) is 0.666. The van der Waals surface area contributed by atoms with Crippen molar-refractivity contribution in [2.45, 2.75) is 12.8 Å². The molecule has 0 spiro atoms. The molecule has 0 bridgehead atoms. The minimum absolute atomic E-state index is 0.0141. The summed E-state index contributed by atoms with van der Waals surface area (Å²) in [4.78, 5) is 19.2. The molecule has 30 heavy (non-hydrogen) atoms. The molecule has 8 heteroatoms. The Labute approximate surface area is 174 Å². The second kappa shape index (κ2) is 8.86. The van der Waals surface area contributed by atoms with Gasteiger partial charge in [0.25, 0.3) is 0 Å². The van der Waals surface area contributed by atoms with Gasteiger partial charge < -0.3 is 24.2 Å². The van der Waals surface area contributed by atoms with E-state index in [1.165, 1.54) is 0 Å². The van der Waals surface area contributed by atoms with Crippen LogP contribution in [0.3, 0.4) is 0 Å². The normalized spacial score (nSPS) is 16.2. The summed E-state index contributed by atoms with van der Waals surface area (Å²) in [5, 5.41) is 7.07. The van der Waals surface area contributed by atoms with E-state index in [2.05, 4.69) is 15.5 Å². The number of hydrogen-bond donors (Lipinski definition) is 1. The Morgan fingerprint density at radius 2 is 1.73 bits per heavy atom. The van der Waals surface area contributed by atoms with Gasteiger partial charge in [-0.1, -0.05) is 5.16 Å². The summed E-state index contributed by atoms with van der Waals surface area (Å²) in [7, 11) is 3.24. The van der Waals surface area contributed by atoms with Gasteiger partial charge in [0.1, 0.15) is 11.5 Å². The molecular weight excluding hydrogens is 384 g/mol. The first-order chi connectivity index (χ1) is 14.7. The Hall–Kier alpha value is -3.55. The molecule has 1 fully saturated rings. The van der Waals surface area contributed by atoms with Crippen molar-refractivity contribution in [3.8, 4) is 22.9 Å². The Morgan fingerprint density at radius 3 is 2.40 bits per heavy atom. The molecule has 1 amide bonds. The van der Waals surface area contributed by atoms with Crippen LogP contribution in [0.1, 0.15) is 12.8 Å². The fourth-order valence-electron chi connectivity index (χ4n) is 3.48. The lowest BCUT2D eigenvalue weighted by molar-refractivity contribution is -0.120. The number of nitrogens with zero attached hydrogens (tertiary/aromatic N) is 3. The van der Waals surface area contributed by atoms with Gasteiger partial charge in [0.2, 0.25) is 11.7 Å². The predicted molar refractivity (Wildman–Crippen MR) is 113 cm³/mol. The highest BCUT2D eigenvalue weighted by molar-refractivity contribution is 5.93. The molecule has 2 heterocycles. The van der Waals surface area contributed by atoms with Gasteiger partial charge in [0.15, 0.2) is 0 Å². The van der Waals surface area contributed by atoms with E-state index in [0.717, 1.165) is 42.1 Å². The summed E-state index contributed by atoms with van der Waals surface area (Å²) in [5.41, 5.74) is 1.59. The highest BCUT2D eigenvalue weighted by atomic mass is 16.5. The third-order valence-corrected chi connectivity index (χ3v) is 5.18. The Kier molecular flexibility index (Phi) is 5.83. The number of ether oxygens (including phenoxy) is 2. The summed E-state index contributed by atoms with van der Waals surface area (Å²) in [6.45, 7) is 1.31. The van der Waals surface area contributed by atoms with Crippen LogP contribution in [0, 0.1) is 5.92 Å². The van der Waals surface area contributed by atoms with Crippen LogP contribution < -0.4 is 19.7 Å². The third-order valence-electron chi connectivity index (χ3n) is 5.18. The summed E-state index contributed by atoms with van der Waals surface area (Å²) in [6, 6.07) is 15.2. The van der Waals surface area contributed by atoms with Gasteiger partial charge in [0, 0.05) is 24.3 Å². The van der Waals surface area contributed by atoms with Gasteiger partial charge in [-0.15, -0.1) is 0 Å². The largest absolute Gasteiger partial charge is 0.497 e. The summed E-state index contributed by atoms with van der Waals surface area (Å²) in [6.07, 6.45) is 1.69. The topological polar surface area (TPSA) is 89.7 Å². The average Bonchev–Trinajstić information content (AvgIpc) is 3.30. The second-order valence-corrected chi connectivity index (χ2v) is 7.13. The van der Waals surface area contributed by atoms with Crippen LogP contribution in [-0.2, 0) is 4.79 Å². The molecule has 1 aromatic heterocycles. The minimum atomic E-state index is -0.155. The molecule has 1 atom stereocenters. The molecule has 1 saturated heterocycles. The smallest absolute Gasteiger partial charge is 0.324 e. The number of aromatic nitrogens is 2. The average molecular weight is 408 g/mol. The van der Waals surface area contributed by atoms with E-state index in [1.54, 1.807) is 14.2 Å². The van der Waals surface area contributed by atoms with E-state index < -0.39 is 0 Å². The SMILES string of the molecule is COc1ccc(NC(=O)C2CCCN(c3nc(-c4ccc(OC)cc4)no3)C2)cc1. The number of nitrogens with one attached hydrogen (secondary N) is 1. The fourth-order valence-corrected chi connectivity index (χ4v) is 3.48. The Bertz CT molecular complexity index is 985.